The first-order chi connectivity index (χ1) is 7.95. The summed E-state index contributed by atoms with van der Waals surface area (Å²) in [6.45, 7) is 10.2. The van der Waals surface area contributed by atoms with Crippen molar-refractivity contribution in [3.63, 3.8) is 0 Å². The quantitative estimate of drug-likeness (QED) is 0.609. The molecular formula is C14H28N2O. The summed E-state index contributed by atoms with van der Waals surface area (Å²) in [6, 6.07) is 2.31. The molecule has 0 heterocycles. The number of nitrogens with zero attached hydrogens (tertiary/aromatic N) is 1. The molecule has 0 unspecified atom stereocenters. The number of aliphatic hydroxyl groups is 1. The molecule has 0 atom stereocenters. The summed E-state index contributed by atoms with van der Waals surface area (Å²) >= 11 is 0. The maximum absolute atomic E-state index is 9.42. The van der Waals surface area contributed by atoms with Crippen LogP contribution in [0.1, 0.15) is 53.4 Å². The Hall–Kier alpha value is -0.590. The second kappa shape index (κ2) is 7.68. The van der Waals surface area contributed by atoms with Crippen molar-refractivity contribution < 1.29 is 5.11 Å². The van der Waals surface area contributed by atoms with Gasteiger partial charge in [-0.2, -0.15) is 5.26 Å². The van der Waals surface area contributed by atoms with Crippen LogP contribution in [0, 0.1) is 22.2 Å². The van der Waals surface area contributed by atoms with Gasteiger partial charge in [0, 0.05) is 18.6 Å². The third kappa shape index (κ3) is 6.05. The van der Waals surface area contributed by atoms with E-state index in [4.69, 9.17) is 5.26 Å². The van der Waals surface area contributed by atoms with E-state index in [1.165, 1.54) is 0 Å². The van der Waals surface area contributed by atoms with Gasteiger partial charge in [-0.3, -0.25) is 0 Å². The van der Waals surface area contributed by atoms with Crippen LogP contribution in [0.5, 0.6) is 0 Å². The first-order valence-corrected chi connectivity index (χ1v) is 6.68. The van der Waals surface area contributed by atoms with Crippen LogP contribution in [0.25, 0.3) is 0 Å². The third-order valence-corrected chi connectivity index (χ3v) is 3.79. The number of hydrogen-bond donors (Lipinski definition) is 2. The maximum atomic E-state index is 9.42. The molecule has 0 rings (SSSR count). The van der Waals surface area contributed by atoms with Crippen LogP contribution in [0.15, 0.2) is 0 Å². The molecule has 17 heavy (non-hydrogen) atoms. The van der Waals surface area contributed by atoms with Crippen LogP contribution in [0.4, 0.5) is 0 Å². The van der Waals surface area contributed by atoms with Gasteiger partial charge < -0.3 is 10.4 Å². The van der Waals surface area contributed by atoms with Gasteiger partial charge in [0.1, 0.15) is 0 Å². The lowest BCUT2D eigenvalue weighted by atomic mass is 9.83. The highest BCUT2D eigenvalue weighted by Crippen LogP contribution is 2.24. The molecule has 0 bridgehead atoms. The minimum absolute atomic E-state index is 0.0325. The molecule has 0 aliphatic rings. The summed E-state index contributed by atoms with van der Waals surface area (Å²) in [4.78, 5) is 0. The summed E-state index contributed by atoms with van der Waals surface area (Å²) < 4.78 is 0. The molecule has 0 aliphatic heterocycles. The van der Waals surface area contributed by atoms with Gasteiger partial charge in [0.15, 0.2) is 0 Å². The summed E-state index contributed by atoms with van der Waals surface area (Å²) in [5.74, 6) is 0. The molecule has 100 valence electrons. The zero-order valence-electron chi connectivity index (χ0n) is 11.8. The molecule has 0 spiro atoms. The van der Waals surface area contributed by atoms with Crippen molar-refractivity contribution in [1.29, 1.82) is 5.26 Å². The SMILES string of the molecule is CCC(CC)(CO)CNCCCC(C)(C)C#N. The van der Waals surface area contributed by atoms with E-state index in [1.54, 1.807) is 0 Å². The smallest absolute Gasteiger partial charge is 0.0683 e. The van der Waals surface area contributed by atoms with E-state index < -0.39 is 0 Å². The largest absolute Gasteiger partial charge is 0.396 e. The zero-order valence-corrected chi connectivity index (χ0v) is 11.8. The number of nitrogens with one attached hydrogen (secondary N) is 1. The van der Waals surface area contributed by atoms with Crippen molar-refractivity contribution in [3.05, 3.63) is 0 Å². The standard InChI is InChI=1S/C14H28N2O/c1-5-14(6-2,12-17)11-16-9-7-8-13(3,4)10-15/h16-17H,5-9,11-12H2,1-4H3. The molecule has 0 fully saturated rings. The summed E-state index contributed by atoms with van der Waals surface area (Å²) in [7, 11) is 0. The highest BCUT2D eigenvalue weighted by Gasteiger charge is 2.24. The van der Waals surface area contributed by atoms with Crippen molar-refractivity contribution in [3.8, 4) is 6.07 Å². The number of rotatable bonds is 9. The minimum atomic E-state index is -0.217. The summed E-state index contributed by atoms with van der Waals surface area (Å²) in [5, 5.41) is 21.7. The molecule has 3 nitrogen and oxygen atoms in total. The van der Waals surface area contributed by atoms with E-state index in [0.29, 0.717) is 0 Å². The van der Waals surface area contributed by atoms with Crippen LogP contribution in [-0.4, -0.2) is 24.8 Å². The van der Waals surface area contributed by atoms with Gasteiger partial charge in [-0.05, 0) is 46.1 Å². The Kier molecular flexibility index (Phi) is 7.41. The zero-order chi connectivity index (χ0) is 13.4. The lowest BCUT2D eigenvalue weighted by Gasteiger charge is -2.29. The van der Waals surface area contributed by atoms with Gasteiger partial charge in [0.25, 0.3) is 0 Å². The topological polar surface area (TPSA) is 56.0 Å². The average Bonchev–Trinajstić information content (AvgIpc) is 2.34. The molecule has 3 heteroatoms. The monoisotopic (exact) mass is 240 g/mol. The molecule has 0 aromatic rings. The summed E-state index contributed by atoms with van der Waals surface area (Å²) in [6.07, 6.45) is 3.92. The predicted octanol–water partition coefficient (Wildman–Crippen LogP) is 2.70. The fourth-order valence-electron chi connectivity index (χ4n) is 1.84. The van der Waals surface area contributed by atoms with E-state index in [-0.39, 0.29) is 17.4 Å². The van der Waals surface area contributed by atoms with Crippen LogP contribution < -0.4 is 5.32 Å². The van der Waals surface area contributed by atoms with Gasteiger partial charge in [0.2, 0.25) is 0 Å². The van der Waals surface area contributed by atoms with E-state index in [2.05, 4.69) is 25.2 Å². The average molecular weight is 240 g/mol. The molecule has 0 saturated heterocycles. The van der Waals surface area contributed by atoms with Crippen LogP contribution in [0.2, 0.25) is 0 Å². The van der Waals surface area contributed by atoms with Gasteiger partial charge >= 0.3 is 0 Å². The van der Waals surface area contributed by atoms with E-state index in [9.17, 15) is 5.11 Å². The first kappa shape index (κ1) is 16.4. The van der Waals surface area contributed by atoms with Crippen LogP contribution in [0.3, 0.4) is 0 Å². The Balaban J connectivity index is 3.81. The highest BCUT2D eigenvalue weighted by atomic mass is 16.3. The Bertz CT molecular complexity index is 231. The number of hydrogen-bond acceptors (Lipinski definition) is 3. The van der Waals surface area contributed by atoms with E-state index >= 15 is 0 Å². The van der Waals surface area contributed by atoms with Crippen molar-refractivity contribution in [2.24, 2.45) is 10.8 Å². The van der Waals surface area contributed by atoms with E-state index in [0.717, 1.165) is 38.8 Å². The Morgan fingerprint density at radius 3 is 2.24 bits per heavy atom. The van der Waals surface area contributed by atoms with Crippen LogP contribution >= 0.6 is 0 Å². The van der Waals surface area contributed by atoms with Gasteiger partial charge in [-0.25, -0.2) is 0 Å². The fourth-order valence-corrected chi connectivity index (χ4v) is 1.84. The third-order valence-electron chi connectivity index (χ3n) is 3.79. The number of aliphatic hydroxyl groups excluding tert-OH is 1. The second-order valence-corrected chi connectivity index (χ2v) is 5.64. The van der Waals surface area contributed by atoms with Crippen molar-refractivity contribution in [1.82, 2.24) is 5.32 Å². The lowest BCUT2D eigenvalue weighted by Crippen LogP contribution is -2.37. The lowest BCUT2D eigenvalue weighted by molar-refractivity contribution is 0.113. The van der Waals surface area contributed by atoms with Crippen molar-refractivity contribution >= 4 is 0 Å². The van der Waals surface area contributed by atoms with Gasteiger partial charge in [-0.1, -0.05) is 13.8 Å². The minimum Gasteiger partial charge on any atom is -0.396 e. The Morgan fingerprint density at radius 1 is 1.24 bits per heavy atom. The molecule has 0 aromatic heterocycles. The molecular weight excluding hydrogens is 212 g/mol. The molecule has 0 amide bonds. The highest BCUT2D eigenvalue weighted by molar-refractivity contribution is 4.91. The molecule has 0 radical (unpaired) electrons. The second-order valence-electron chi connectivity index (χ2n) is 5.64. The Labute approximate surface area is 106 Å². The first-order valence-electron chi connectivity index (χ1n) is 6.68. The molecule has 0 saturated carbocycles. The molecule has 0 aliphatic carbocycles. The Morgan fingerprint density at radius 2 is 1.82 bits per heavy atom. The fraction of sp³-hybridized carbons (Fsp3) is 0.929. The van der Waals surface area contributed by atoms with Gasteiger partial charge in [-0.15, -0.1) is 0 Å². The normalized spacial score (nSPS) is 12.5. The number of nitriles is 1. The maximum Gasteiger partial charge on any atom is 0.0683 e. The van der Waals surface area contributed by atoms with Crippen LogP contribution in [-0.2, 0) is 0 Å². The molecule has 0 aromatic carbocycles. The van der Waals surface area contributed by atoms with Crippen molar-refractivity contribution in [2.45, 2.75) is 53.4 Å². The predicted molar refractivity (Wildman–Crippen MR) is 71.6 cm³/mol. The van der Waals surface area contributed by atoms with Crippen molar-refractivity contribution in [2.75, 3.05) is 19.7 Å². The van der Waals surface area contributed by atoms with E-state index in [1.807, 2.05) is 13.8 Å². The molecule has 2 N–H and O–H groups in total. The van der Waals surface area contributed by atoms with Gasteiger partial charge in [0.05, 0.1) is 11.5 Å². The summed E-state index contributed by atoms with van der Waals surface area (Å²) in [5.41, 5.74) is -0.185.